The smallest absolute Gasteiger partial charge is 0.250 e. The number of amides is 1. The fraction of sp³-hybridized carbons (Fsp3) is 0.174. The van der Waals surface area contributed by atoms with Crippen LogP contribution in [0.5, 0.6) is 0 Å². The second kappa shape index (κ2) is 6.74. The first-order chi connectivity index (χ1) is 14.5. The van der Waals surface area contributed by atoms with Crippen LogP contribution in [-0.4, -0.2) is 16.9 Å². The molecule has 7 heteroatoms. The van der Waals surface area contributed by atoms with Gasteiger partial charge in [-0.1, -0.05) is 60.7 Å². The highest BCUT2D eigenvalue weighted by atomic mass is 19.1. The maximum absolute atomic E-state index is 14.2. The van der Waals surface area contributed by atoms with Gasteiger partial charge in [0.15, 0.2) is 0 Å². The molecule has 0 bridgehead atoms. The molecule has 4 atom stereocenters. The second-order valence-corrected chi connectivity index (χ2v) is 7.65. The summed E-state index contributed by atoms with van der Waals surface area (Å²) in [5.41, 5.74) is 0.751. The van der Waals surface area contributed by atoms with Crippen molar-refractivity contribution in [1.29, 1.82) is 0 Å². The van der Waals surface area contributed by atoms with Gasteiger partial charge >= 0.3 is 0 Å². The first-order valence-electron chi connectivity index (χ1n) is 9.65. The first-order valence-corrected chi connectivity index (χ1v) is 9.65. The molecule has 0 unspecified atom stereocenters. The number of carbonyl (C=O) groups excluding carboxylic acids is 1. The Morgan fingerprint density at radius 3 is 2.20 bits per heavy atom. The van der Waals surface area contributed by atoms with Gasteiger partial charge in [-0.15, -0.1) is 0 Å². The van der Waals surface area contributed by atoms with Gasteiger partial charge < -0.3 is 5.32 Å². The van der Waals surface area contributed by atoms with Crippen molar-refractivity contribution >= 4 is 11.6 Å². The van der Waals surface area contributed by atoms with Crippen LogP contribution in [-0.2, 0) is 10.3 Å². The fourth-order valence-corrected chi connectivity index (χ4v) is 4.91. The molecule has 3 aromatic rings. The predicted octanol–water partition coefficient (Wildman–Crippen LogP) is 3.75. The summed E-state index contributed by atoms with van der Waals surface area (Å²) in [5, 5.41) is 18.4. The molecule has 150 valence electrons. The number of hydrogen-bond acceptors (Lipinski definition) is 4. The molecule has 0 aromatic heterocycles. The number of anilines is 1. The quantitative estimate of drug-likeness (QED) is 0.515. The van der Waals surface area contributed by atoms with E-state index >= 15 is 0 Å². The molecule has 0 saturated carbocycles. The van der Waals surface area contributed by atoms with E-state index in [-0.39, 0.29) is 4.92 Å². The Balaban J connectivity index is 1.79. The highest BCUT2D eigenvalue weighted by molar-refractivity contribution is 6.07. The lowest BCUT2D eigenvalue weighted by Crippen LogP contribution is -2.48. The molecule has 1 fully saturated rings. The summed E-state index contributed by atoms with van der Waals surface area (Å²) in [5.74, 6) is -1.75. The third-order valence-electron chi connectivity index (χ3n) is 6.11. The van der Waals surface area contributed by atoms with Crippen LogP contribution in [0.3, 0.4) is 0 Å². The van der Waals surface area contributed by atoms with Crippen LogP contribution in [0.25, 0.3) is 0 Å². The molecule has 1 saturated heterocycles. The van der Waals surface area contributed by atoms with Crippen LogP contribution < -0.4 is 10.6 Å². The van der Waals surface area contributed by atoms with Crippen LogP contribution in [0.4, 0.5) is 10.1 Å². The molecule has 1 amide bonds. The number of rotatable bonds is 3. The Kier molecular flexibility index (Phi) is 4.15. The van der Waals surface area contributed by atoms with Crippen molar-refractivity contribution in [2.45, 2.75) is 23.5 Å². The number of hydrogen-bond donors (Lipinski definition) is 2. The van der Waals surface area contributed by atoms with E-state index in [0.717, 1.165) is 0 Å². The number of benzene rings is 3. The average molecular weight is 403 g/mol. The zero-order valence-electron chi connectivity index (χ0n) is 15.8. The van der Waals surface area contributed by atoms with Crippen molar-refractivity contribution in [2.75, 3.05) is 5.32 Å². The largest absolute Gasteiger partial charge is 0.324 e. The molecule has 2 aliphatic heterocycles. The predicted molar refractivity (Wildman–Crippen MR) is 109 cm³/mol. The Morgan fingerprint density at radius 1 is 0.933 bits per heavy atom. The summed E-state index contributed by atoms with van der Waals surface area (Å²) in [6.07, 6.45) is 0. The van der Waals surface area contributed by atoms with Crippen LogP contribution >= 0.6 is 0 Å². The summed E-state index contributed by atoms with van der Waals surface area (Å²) in [4.78, 5) is 25.4. The van der Waals surface area contributed by atoms with Crippen molar-refractivity contribution in [3.8, 4) is 0 Å². The van der Waals surface area contributed by atoms with Crippen LogP contribution in [0, 0.1) is 15.9 Å². The van der Waals surface area contributed by atoms with Crippen LogP contribution in [0.15, 0.2) is 78.9 Å². The van der Waals surface area contributed by atoms with Crippen molar-refractivity contribution in [3.63, 3.8) is 0 Å². The van der Waals surface area contributed by atoms with Gasteiger partial charge in [0, 0.05) is 16.2 Å². The van der Waals surface area contributed by atoms with Gasteiger partial charge in [0.25, 0.3) is 0 Å². The normalized spacial score (nSPS) is 27.1. The van der Waals surface area contributed by atoms with E-state index in [0.29, 0.717) is 22.4 Å². The lowest BCUT2D eigenvalue weighted by molar-refractivity contribution is -0.527. The SMILES string of the molecule is O=C1Nc2ccc(F)cc2[C@]12N[C@H](c1ccccc1)[C@H]([N+](=O)[O-])[C@@H]2c1ccccc1. The molecule has 1 spiro atoms. The molecular formula is C23H18FN3O3. The van der Waals surface area contributed by atoms with Gasteiger partial charge in [-0.3, -0.25) is 20.2 Å². The number of fused-ring (bicyclic) bond motifs is 2. The number of nitro groups is 1. The number of nitrogens with zero attached hydrogens (tertiary/aromatic N) is 1. The highest BCUT2D eigenvalue weighted by Crippen LogP contribution is 2.55. The van der Waals surface area contributed by atoms with Crippen LogP contribution in [0.2, 0.25) is 0 Å². The standard InChI is InChI=1S/C23H18FN3O3/c24-16-11-12-18-17(13-16)23(22(28)25-18)19(14-7-3-1-4-8-14)21(27(29)30)20(26-23)15-9-5-2-6-10-15/h1-13,19-21,26H,(H,25,28)/t19-,20+,21+,23+/m0/s1. The van der Waals surface area contributed by atoms with E-state index < -0.39 is 35.3 Å². The van der Waals surface area contributed by atoms with Crippen molar-refractivity contribution in [2.24, 2.45) is 0 Å². The highest BCUT2D eigenvalue weighted by Gasteiger charge is 2.66. The number of halogens is 1. The lowest BCUT2D eigenvalue weighted by Gasteiger charge is -2.29. The third-order valence-corrected chi connectivity index (χ3v) is 6.11. The minimum Gasteiger partial charge on any atom is -0.324 e. The molecule has 30 heavy (non-hydrogen) atoms. The van der Waals surface area contributed by atoms with Gasteiger partial charge in [0.1, 0.15) is 17.4 Å². The van der Waals surface area contributed by atoms with Gasteiger partial charge in [-0.05, 0) is 29.3 Å². The van der Waals surface area contributed by atoms with Crippen molar-refractivity contribution in [1.82, 2.24) is 5.32 Å². The molecule has 2 N–H and O–H groups in total. The third kappa shape index (κ3) is 2.55. The fourth-order valence-electron chi connectivity index (χ4n) is 4.91. The van der Waals surface area contributed by atoms with Crippen molar-refractivity contribution in [3.05, 3.63) is 111 Å². The molecule has 3 aromatic carbocycles. The Bertz CT molecular complexity index is 1140. The van der Waals surface area contributed by atoms with E-state index in [1.54, 1.807) is 48.5 Å². The molecule has 6 nitrogen and oxygen atoms in total. The van der Waals surface area contributed by atoms with Gasteiger partial charge in [-0.25, -0.2) is 4.39 Å². The van der Waals surface area contributed by atoms with Crippen LogP contribution in [0.1, 0.15) is 28.7 Å². The number of carbonyl (C=O) groups is 1. The first kappa shape index (κ1) is 18.4. The van der Waals surface area contributed by atoms with Gasteiger partial charge in [0.05, 0.1) is 5.92 Å². The molecular weight excluding hydrogens is 385 g/mol. The van der Waals surface area contributed by atoms with E-state index in [4.69, 9.17) is 0 Å². The summed E-state index contributed by atoms with van der Waals surface area (Å²) in [6, 6.07) is 20.2. The Hall–Kier alpha value is -3.58. The minimum atomic E-state index is -1.46. The Labute approximate surface area is 171 Å². The molecule has 0 aliphatic carbocycles. The minimum absolute atomic E-state index is 0.332. The summed E-state index contributed by atoms with van der Waals surface area (Å²) >= 11 is 0. The maximum Gasteiger partial charge on any atom is 0.250 e. The van der Waals surface area contributed by atoms with Gasteiger partial charge in [-0.2, -0.15) is 0 Å². The molecule has 2 heterocycles. The second-order valence-electron chi connectivity index (χ2n) is 7.65. The molecule has 0 radical (unpaired) electrons. The topological polar surface area (TPSA) is 84.3 Å². The van der Waals surface area contributed by atoms with E-state index in [1.165, 1.54) is 18.2 Å². The summed E-state index contributed by atoms with van der Waals surface area (Å²) in [6.45, 7) is 0. The summed E-state index contributed by atoms with van der Waals surface area (Å²) in [7, 11) is 0. The zero-order valence-corrected chi connectivity index (χ0v) is 15.8. The summed E-state index contributed by atoms with van der Waals surface area (Å²) < 4.78 is 14.2. The monoisotopic (exact) mass is 403 g/mol. The average Bonchev–Trinajstić information content (AvgIpc) is 3.26. The molecule has 2 aliphatic rings. The van der Waals surface area contributed by atoms with E-state index in [1.807, 2.05) is 12.1 Å². The van der Waals surface area contributed by atoms with E-state index in [9.17, 15) is 19.3 Å². The zero-order chi connectivity index (χ0) is 20.9. The maximum atomic E-state index is 14.2. The molecule has 5 rings (SSSR count). The number of nitrogens with one attached hydrogen (secondary N) is 2. The van der Waals surface area contributed by atoms with Crippen molar-refractivity contribution < 1.29 is 14.1 Å². The Morgan fingerprint density at radius 2 is 1.57 bits per heavy atom. The van der Waals surface area contributed by atoms with E-state index in [2.05, 4.69) is 10.6 Å². The lowest BCUT2D eigenvalue weighted by atomic mass is 9.74. The van der Waals surface area contributed by atoms with Gasteiger partial charge in [0.2, 0.25) is 11.9 Å².